The molecule has 0 saturated carbocycles. The number of hydroxylamine groups is 2. The van der Waals surface area contributed by atoms with Gasteiger partial charge in [0.05, 0.1) is 39.5 Å². The molecule has 3 atom stereocenters. The molecule has 7 heteroatoms. The van der Waals surface area contributed by atoms with Crippen molar-refractivity contribution in [2.75, 3.05) is 27.9 Å². The van der Waals surface area contributed by atoms with Crippen LogP contribution in [-0.4, -0.2) is 55.8 Å². The van der Waals surface area contributed by atoms with Gasteiger partial charge in [-0.2, -0.15) is 0 Å². The molecule has 1 aromatic carbocycles. The second-order valence-electron chi connectivity index (χ2n) is 5.86. The van der Waals surface area contributed by atoms with E-state index in [0.29, 0.717) is 6.61 Å². The molecule has 0 aliphatic heterocycles. The van der Waals surface area contributed by atoms with Crippen LogP contribution in [0, 0.1) is 11.8 Å². The van der Waals surface area contributed by atoms with Crippen molar-refractivity contribution in [1.82, 2.24) is 5.06 Å². The number of amides is 1. The molecule has 7 nitrogen and oxygen atoms in total. The number of ketones is 1. The van der Waals surface area contributed by atoms with Gasteiger partial charge in [0.25, 0.3) is 5.91 Å². The Morgan fingerprint density at radius 1 is 1.16 bits per heavy atom. The van der Waals surface area contributed by atoms with Crippen LogP contribution in [0.1, 0.15) is 19.4 Å². The highest BCUT2D eigenvalue weighted by Crippen LogP contribution is 2.16. The minimum Gasteiger partial charge on any atom is -0.497 e. The zero-order valence-electron chi connectivity index (χ0n) is 15.4. The first kappa shape index (κ1) is 21.1. The van der Waals surface area contributed by atoms with Gasteiger partial charge in [0.2, 0.25) is 0 Å². The molecular formula is C18H27NO6. The molecule has 1 N–H and O–H groups in total. The van der Waals surface area contributed by atoms with Crippen molar-refractivity contribution in [1.29, 1.82) is 0 Å². The number of nitrogens with zero attached hydrogens (tertiary/aromatic N) is 1. The second kappa shape index (κ2) is 10.1. The monoisotopic (exact) mass is 353 g/mol. The van der Waals surface area contributed by atoms with E-state index in [1.165, 1.54) is 21.1 Å². The van der Waals surface area contributed by atoms with Gasteiger partial charge in [0.1, 0.15) is 5.75 Å². The highest BCUT2D eigenvalue weighted by atomic mass is 16.7. The number of aliphatic hydroxyl groups excluding tert-OH is 1. The summed E-state index contributed by atoms with van der Waals surface area (Å²) in [7, 11) is 4.38. The molecule has 1 rings (SSSR count). The van der Waals surface area contributed by atoms with Crippen LogP contribution in [0.3, 0.4) is 0 Å². The van der Waals surface area contributed by atoms with E-state index < -0.39 is 23.8 Å². The first-order valence-electron chi connectivity index (χ1n) is 8.06. The molecule has 1 amide bonds. The Morgan fingerprint density at radius 3 is 2.28 bits per heavy atom. The largest absolute Gasteiger partial charge is 0.497 e. The maximum absolute atomic E-state index is 12.3. The van der Waals surface area contributed by atoms with E-state index in [9.17, 15) is 14.7 Å². The molecule has 1 aromatic rings. The van der Waals surface area contributed by atoms with E-state index in [-0.39, 0.29) is 12.4 Å². The minimum atomic E-state index is -0.992. The summed E-state index contributed by atoms with van der Waals surface area (Å²) in [5, 5.41) is 11.2. The van der Waals surface area contributed by atoms with Crippen LogP contribution in [0.15, 0.2) is 24.3 Å². The molecule has 25 heavy (non-hydrogen) atoms. The maximum atomic E-state index is 12.3. The molecule has 0 aliphatic carbocycles. The Morgan fingerprint density at radius 2 is 1.76 bits per heavy atom. The standard InChI is InChI=1S/C18H27NO6/c1-12(17(21)13(2)18(22)19(3)24-5)16(20)11-25-10-14-6-8-15(23-4)9-7-14/h6-9,12-13,16,20H,10-11H2,1-5H3/t12-,13-,16+/m0/s1. The third-order valence-corrected chi connectivity index (χ3v) is 4.12. The summed E-state index contributed by atoms with van der Waals surface area (Å²) in [6.45, 7) is 3.39. The van der Waals surface area contributed by atoms with Gasteiger partial charge in [0.15, 0.2) is 5.78 Å². The molecule has 0 aliphatic rings. The average Bonchev–Trinajstić information content (AvgIpc) is 2.65. The number of carbonyl (C=O) groups is 2. The lowest BCUT2D eigenvalue weighted by molar-refractivity contribution is -0.174. The van der Waals surface area contributed by atoms with Gasteiger partial charge in [-0.25, -0.2) is 5.06 Å². The summed E-state index contributed by atoms with van der Waals surface area (Å²) in [5.41, 5.74) is 0.928. The Labute approximate surface area is 148 Å². The van der Waals surface area contributed by atoms with Crippen LogP contribution in [-0.2, 0) is 25.8 Å². The highest BCUT2D eigenvalue weighted by molar-refractivity contribution is 6.01. The summed E-state index contributed by atoms with van der Waals surface area (Å²) >= 11 is 0. The number of rotatable bonds is 10. The molecule has 0 bridgehead atoms. The second-order valence-corrected chi connectivity index (χ2v) is 5.86. The Kier molecular flexibility index (Phi) is 8.54. The molecule has 0 heterocycles. The van der Waals surface area contributed by atoms with Crippen LogP contribution in [0.2, 0.25) is 0 Å². The van der Waals surface area contributed by atoms with Gasteiger partial charge < -0.3 is 14.6 Å². The molecular weight excluding hydrogens is 326 g/mol. The van der Waals surface area contributed by atoms with Gasteiger partial charge in [-0.05, 0) is 24.6 Å². The third-order valence-electron chi connectivity index (χ3n) is 4.12. The number of aliphatic hydroxyl groups is 1. The molecule has 0 radical (unpaired) electrons. The molecule has 140 valence electrons. The summed E-state index contributed by atoms with van der Waals surface area (Å²) < 4.78 is 10.6. The molecule has 0 fully saturated rings. The van der Waals surface area contributed by atoms with Gasteiger partial charge in [-0.15, -0.1) is 0 Å². The topological polar surface area (TPSA) is 85.3 Å². The Bertz CT molecular complexity index is 559. The van der Waals surface area contributed by atoms with Gasteiger partial charge >= 0.3 is 0 Å². The number of hydrogen-bond acceptors (Lipinski definition) is 6. The quantitative estimate of drug-likeness (QED) is 0.506. The minimum absolute atomic E-state index is 0.0000363. The van der Waals surface area contributed by atoms with Crippen molar-refractivity contribution in [3.05, 3.63) is 29.8 Å². The third kappa shape index (κ3) is 6.12. The fraction of sp³-hybridized carbons (Fsp3) is 0.556. The van der Waals surface area contributed by atoms with E-state index >= 15 is 0 Å². The Balaban J connectivity index is 2.48. The van der Waals surface area contributed by atoms with Crippen molar-refractivity contribution >= 4 is 11.7 Å². The number of carbonyl (C=O) groups excluding carboxylic acids is 2. The zero-order valence-corrected chi connectivity index (χ0v) is 15.4. The van der Waals surface area contributed by atoms with Crippen LogP contribution < -0.4 is 4.74 Å². The van der Waals surface area contributed by atoms with E-state index in [2.05, 4.69) is 0 Å². The fourth-order valence-electron chi connectivity index (χ4n) is 2.23. The van der Waals surface area contributed by atoms with Gasteiger partial charge in [-0.3, -0.25) is 14.4 Å². The number of methoxy groups -OCH3 is 1. The SMILES string of the molecule is COc1ccc(COC[C@@H](O)[C@H](C)C(=O)[C@H](C)C(=O)N(C)OC)cc1. The number of ether oxygens (including phenoxy) is 2. The van der Waals surface area contributed by atoms with Crippen LogP contribution >= 0.6 is 0 Å². The smallest absolute Gasteiger partial charge is 0.256 e. The summed E-state index contributed by atoms with van der Waals surface area (Å²) in [5.74, 6) is -1.67. The van der Waals surface area contributed by atoms with E-state index in [1.807, 2.05) is 24.3 Å². The molecule has 0 saturated heterocycles. The van der Waals surface area contributed by atoms with E-state index in [1.54, 1.807) is 14.0 Å². The van der Waals surface area contributed by atoms with Crippen molar-refractivity contribution in [2.24, 2.45) is 11.8 Å². The number of hydrogen-bond donors (Lipinski definition) is 1. The molecule has 0 spiro atoms. The lowest BCUT2D eigenvalue weighted by Crippen LogP contribution is -2.40. The molecule has 0 unspecified atom stereocenters. The first-order valence-corrected chi connectivity index (χ1v) is 8.06. The zero-order chi connectivity index (χ0) is 19.0. The van der Waals surface area contributed by atoms with E-state index in [4.69, 9.17) is 14.3 Å². The van der Waals surface area contributed by atoms with Gasteiger partial charge in [-0.1, -0.05) is 19.1 Å². The van der Waals surface area contributed by atoms with Crippen LogP contribution in [0.25, 0.3) is 0 Å². The average molecular weight is 353 g/mol. The summed E-state index contributed by atoms with van der Waals surface area (Å²) in [6, 6.07) is 7.37. The van der Waals surface area contributed by atoms with Crippen LogP contribution in [0.4, 0.5) is 0 Å². The fourth-order valence-corrected chi connectivity index (χ4v) is 2.23. The van der Waals surface area contributed by atoms with Crippen molar-refractivity contribution in [3.8, 4) is 5.75 Å². The van der Waals surface area contributed by atoms with Gasteiger partial charge in [0, 0.05) is 13.0 Å². The molecule has 0 aromatic heterocycles. The predicted molar refractivity (Wildman–Crippen MR) is 91.8 cm³/mol. The lowest BCUT2D eigenvalue weighted by Gasteiger charge is -2.23. The van der Waals surface area contributed by atoms with Crippen molar-refractivity contribution in [2.45, 2.75) is 26.6 Å². The number of Topliss-reactive ketones (excluding diaryl/α,β-unsaturated/α-hetero) is 1. The van der Waals surface area contributed by atoms with Crippen molar-refractivity contribution in [3.63, 3.8) is 0 Å². The number of benzene rings is 1. The van der Waals surface area contributed by atoms with Crippen molar-refractivity contribution < 1.29 is 29.0 Å². The summed E-state index contributed by atoms with van der Waals surface area (Å²) in [4.78, 5) is 29.1. The highest BCUT2D eigenvalue weighted by Gasteiger charge is 2.32. The Hall–Kier alpha value is -1.96. The normalized spacial score (nSPS) is 14.5. The maximum Gasteiger partial charge on any atom is 0.256 e. The lowest BCUT2D eigenvalue weighted by atomic mass is 9.91. The first-order chi connectivity index (χ1) is 11.8. The van der Waals surface area contributed by atoms with Crippen LogP contribution in [0.5, 0.6) is 5.75 Å². The predicted octanol–water partition coefficient (Wildman–Crippen LogP) is 1.43. The summed E-state index contributed by atoms with van der Waals surface area (Å²) in [6.07, 6.45) is -0.992. The van der Waals surface area contributed by atoms with E-state index in [0.717, 1.165) is 16.4 Å².